The number of carboxylic acid groups (broad SMARTS) is 1. The number of rotatable bonds is 6. The van der Waals surface area contributed by atoms with E-state index in [9.17, 15) is 23.1 Å². The number of carboxylic acids is 1. The molecule has 3 aromatic rings. The van der Waals surface area contributed by atoms with Crippen molar-refractivity contribution in [3.63, 3.8) is 0 Å². The Balaban J connectivity index is 0.00000195. The second-order valence-corrected chi connectivity index (χ2v) is 8.84. The Morgan fingerprint density at radius 1 is 1.11 bits per heavy atom. The Hall–Kier alpha value is -4.21. The van der Waals surface area contributed by atoms with Crippen molar-refractivity contribution in [3.05, 3.63) is 77.9 Å². The van der Waals surface area contributed by atoms with Crippen molar-refractivity contribution in [3.8, 4) is 5.75 Å². The summed E-state index contributed by atoms with van der Waals surface area (Å²) >= 11 is 0. The molecule has 10 heteroatoms. The molecule has 0 fully saturated rings. The quantitative estimate of drug-likeness (QED) is 0.252. The maximum absolute atomic E-state index is 15.8. The van der Waals surface area contributed by atoms with Crippen LogP contribution >= 0.6 is 0 Å². The van der Waals surface area contributed by atoms with Crippen LogP contribution in [0.1, 0.15) is 43.6 Å². The highest BCUT2D eigenvalue weighted by atomic mass is 19.3. The maximum Gasteiger partial charge on any atom is 0.387 e. The number of hydrogen-bond acceptors (Lipinski definition) is 5. The van der Waals surface area contributed by atoms with Crippen LogP contribution in [0.2, 0.25) is 0 Å². The van der Waals surface area contributed by atoms with Gasteiger partial charge in [-0.3, -0.25) is 0 Å². The first-order chi connectivity index (χ1) is 17.9. The Morgan fingerprint density at radius 2 is 1.71 bits per heavy atom. The summed E-state index contributed by atoms with van der Waals surface area (Å²) in [4.78, 5) is 14.6. The van der Waals surface area contributed by atoms with Crippen molar-refractivity contribution in [1.82, 2.24) is 0 Å². The third-order valence-corrected chi connectivity index (χ3v) is 5.99. The second-order valence-electron chi connectivity index (χ2n) is 8.84. The molecule has 0 amide bonds. The van der Waals surface area contributed by atoms with Gasteiger partial charge in [0, 0.05) is 29.5 Å². The first kappa shape index (κ1) is 28.4. The van der Waals surface area contributed by atoms with E-state index in [2.05, 4.69) is 11.3 Å². The van der Waals surface area contributed by atoms with E-state index in [1.54, 1.807) is 28.0 Å². The van der Waals surface area contributed by atoms with Crippen LogP contribution in [0.5, 0.6) is 5.75 Å². The molecule has 6 nitrogen and oxygen atoms in total. The molecule has 4 rings (SSSR count). The number of halogens is 4. The molecule has 3 aromatic carbocycles. The molecule has 0 bridgehead atoms. The summed E-state index contributed by atoms with van der Waals surface area (Å²) in [7, 11) is 0. The van der Waals surface area contributed by atoms with E-state index in [1.165, 1.54) is 24.3 Å². The maximum atomic E-state index is 15.8. The third kappa shape index (κ3) is 5.25. The molecule has 0 aromatic heterocycles. The van der Waals surface area contributed by atoms with E-state index in [4.69, 9.17) is 5.73 Å². The highest BCUT2D eigenvalue weighted by Gasteiger charge is 2.41. The molecule has 1 aliphatic heterocycles. The van der Waals surface area contributed by atoms with Gasteiger partial charge in [0.15, 0.2) is 17.4 Å². The number of alkyl halides is 2. The number of nitrogens with two attached hydrogens (primary N) is 1. The Labute approximate surface area is 218 Å². The fourth-order valence-corrected chi connectivity index (χ4v) is 4.43. The molecule has 0 aliphatic carbocycles. The highest BCUT2D eigenvalue weighted by molar-refractivity contribution is 5.92. The fraction of sp³-hybridized carbons (Fsp3) is 0.250. The largest absolute Gasteiger partial charge is 0.478 e. The minimum atomic E-state index is -3.23. The van der Waals surface area contributed by atoms with Gasteiger partial charge in [0.2, 0.25) is 0 Å². The highest BCUT2D eigenvalue weighted by Crippen LogP contribution is 2.50. The fourth-order valence-electron chi connectivity index (χ4n) is 4.43. The zero-order chi connectivity index (χ0) is 28.4. The summed E-state index contributed by atoms with van der Waals surface area (Å²) in [6.07, 6.45) is 1.39. The Kier molecular flexibility index (Phi) is 8.24. The van der Waals surface area contributed by atoms with Crippen molar-refractivity contribution >= 4 is 40.5 Å². The van der Waals surface area contributed by atoms with Crippen LogP contribution in [0.3, 0.4) is 0 Å². The van der Waals surface area contributed by atoms with Crippen LogP contribution in [0.25, 0.3) is 6.08 Å². The summed E-state index contributed by atoms with van der Waals surface area (Å²) in [6, 6.07) is 11.1. The van der Waals surface area contributed by atoms with Crippen LogP contribution in [0.4, 0.5) is 46.0 Å². The predicted octanol–water partition coefficient (Wildman–Crippen LogP) is 7.58. The number of benzene rings is 3. The monoisotopic (exact) mass is 531 g/mol. The van der Waals surface area contributed by atoms with Crippen LogP contribution < -0.4 is 20.3 Å². The molecule has 0 unspecified atom stereocenters. The number of nitrogen functional groups attached to an aromatic ring is 1. The van der Waals surface area contributed by atoms with Crippen molar-refractivity contribution in [2.45, 2.75) is 39.8 Å². The van der Waals surface area contributed by atoms with Gasteiger partial charge in [-0.1, -0.05) is 26.5 Å². The lowest BCUT2D eigenvalue weighted by Gasteiger charge is -2.50. The third-order valence-electron chi connectivity index (χ3n) is 5.99. The summed E-state index contributed by atoms with van der Waals surface area (Å²) in [5.41, 5.74) is 6.69. The number of aromatic carboxylic acids is 1. The number of carbonyl (C=O) groups is 1. The number of hydrogen-bond donors (Lipinski definition) is 2. The topological polar surface area (TPSA) is 79.0 Å². The number of ether oxygens (including phenoxy) is 1. The average Bonchev–Trinajstić information content (AvgIpc) is 2.87. The molecule has 0 saturated carbocycles. The second kappa shape index (κ2) is 11.0. The molecule has 3 N–H and O–H groups in total. The standard InChI is InChI=1S/C26H23F4N3O3.C2H6/c1-4-14-11-19-23(21(28)22(14)31)32(16-7-5-15(6-8-16)24(34)35)13-26(2,3)33(19)17-9-10-18(27)20(12-17)36-25(29)30;1-2/h4-12,25H,1,13,31H2,2-3H3,(H,34,35);1-2H3. The number of nitrogens with zero attached hydrogens (tertiary/aromatic N) is 2. The molecule has 1 aliphatic rings. The van der Waals surface area contributed by atoms with E-state index >= 15 is 4.39 Å². The lowest BCUT2D eigenvalue weighted by Crippen LogP contribution is -2.53. The van der Waals surface area contributed by atoms with Crippen LogP contribution in [0.15, 0.2) is 55.1 Å². The van der Waals surface area contributed by atoms with E-state index in [0.717, 1.165) is 12.1 Å². The van der Waals surface area contributed by atoms with Gasteiger partial charge in [0.25, 0.3) is 0 Å². The SMILES string of the molecule is C=Cc1cc2c(c(F)c1N)N(c1ccc(C(=O)O)cc1)CC(C)(C)N2c1ccc(F)c(OC(F)F)c1.CC. The molecule has 0 atom stereocenters. The summed E-state index contributed by atoms with van der Waals surface area (Å²) < 4.78 is 60.0. The van der Waals surface area contributed by atoms with Gasteiger partial charge in [0.1, 0.15) is 5.69 Å². The molecular weight excluding hydrogens is 502 g/mol. The minimum absolute atomic E-state index is 0.0664. The van der Waals surface area contributed by atoms with Crippen molar-refractivity contribution < 1.29 is 32.2 Å². The van der Waals surface area contributed by atoms with E-state index in [-0.39, 0.29) is 23.5 Å². The van der Waals surface area contributed by atoms with Crippen LogP contribution in [0, 0.1) is 11.6 Å². The smallest absolute Gasteiger partial charge is 0.387 e. The van der Waals surface area contributed by atoms with E-state index in [1.807, 2.05) is 27.7 Å². The van der Waals surface area contributed by atoms with Gasteiger partial charge >= 0.3 is 12.6 Å². The predicted molar refractivity (Wildman–Crippen MR) is 142 cm³/mol. The van der Waals surface area contributed by atoms with Crippen LogP contribution in [-0.4, -0.2) is 29.8 Å². The first-order valence-corrected chi connectivity index (χ1v) is 11.8. The normalized spacial score (nSPS) is 13.9. The Bertz CT molecular complexity index is 1340. The molecular formula is C28H29F4N3O3. The summed E-state index contributed by atoms with van der Waals surface area (Å²) in [6.45, 7) is 8.32. The number of fused-ring (bicyclic) bond motifs is 1. The van der Waals surface area contributed by atoms with E-state index in [0.29, 0.717) is 22.6 Å². The summed E-state index contributed by atoms with van der Waals surface area (Å²) in [5.74, 6) is -3.46. The van der Waals surface area contributed by atoms with Gasteiger partial charge in [-0.15, -0.1) is 0 Å². The molecule has 38 heavy (non-hydrogen) atoms. The van der Waals surface area contributed by atoms with Gasteiger partial charge in [-0.25, -0.2) is 13.6 Å². The van der Waals surface area contributed by atoms with E-state index < -0.39 is 35.5 Å². The van der Waals surface area contributed by atoms with Crippen molar-refractivity contribution in [2.75, 3.05) is 22.1 Å². The lowest BCUT2D eigenvalue weighted by molar-refractivity contribution is -0.0521. The molecule has 0 saturated heterocycles. The van der Waals surface area contributed by atoms with Crippen LogP contribution in [-0.2, 0) is 0 Å². The zero-order valence-corrected chi connectivity index (χ0v) is 21.4. The van der Waals surface area contributed by atoms with Crippen molar-refractivity contribution in [1.29, 1.82) is 0 Å². The number of anilines is 5. The lowest BCUT2D eigenvalue weighted by atomic mass is 9.92. The van der Waals surface area contributed by atoms with Gasteiger partial charge < -0.3 is 25.4 Å². The summed E-state index contributed by atoms with van der Waals surface area (Å²) in [5, 5.41) is 9.23. The minimum Gasteiger partial charge on any atom is -0.478 e. The van der Waals surface area contributed by atoms with Gasteiger partial charge in [0.05, 0.1) is 22.5 Å². The zero-order valence-electron chi connectivity index (χ0n) is 21.4. The molecule has 0 radical (unpaired) electrons. The van der Waals surface area contributed by atoms with Gasteiger partial charge in [-0.2, -0.15) is 8.78 Å². The molecule has 0 spiro atoms. The Morgan fingerprint density at radius 3 is 2.26 bits per heavy atom. The molecule has 1 heterocycles. The van der Waals surface area contributed by atoms with Crippen molar-refractivity contribution in [2.24, 2.45) is 0 Å². The molecule has 202 valence electrons. The first-order valence-electron chi connectivity index (χ1n) is 11.8. The van der Waals surface area contributed by atoms with Gasteiger partial charge in [-0.05, 0) is 56.3 Å². The average molecular weight is 532 g/mol.